The highest BCUT2D eigenvalue weighted by atomic mass is 32.1. The average Bonchev–Trinajstić information content (AvgIpc) is 3.19. The monoisotopic (exact) mass is 296 g/mol. The van der Waals surface area contributed by atoms with Crippen molar-refractivity contribution in [2.75, 3.05) is 13.7 Å². The number of rotatable bonds is 6. The maximum Gasteiger partial charge on any atom is 0.125 e. The Bertz CT molecular complexity index is 451. The Balaban J connectivity index is 1.77. The van der Waals surface area contributed by atoms with Gasteiger partial charge in [-0.15, -0.1) is 11.3 Å². The quantitative estimate of drug-likeness (QED) is 0.876. The molecule has 3 rings (SSSR count). The van der Waals surface area contributed by atoms with Gasteiger partial charge in [-0.1, -0.05) is 0 Å². The molecule has 1 atom stereocenters. The van der Waals surface area contributed by atoms with E-state index in [0.717, 1.165) is 36.3 Å². The molecule has 4 nitrogen and oxygen atoms in total. The molecular formula is C15H24N2O2S. The van der Waals surface area contributed by atoms with Gasteiger partial charge in [-0.25, -0.2) is 4.98 Å². The van der Waals surface area contributed by atoms with Gasteiger partial charge in [0.1, 0.15) is 10.6 Å². The van der Waals surface area contributed by atoms with Crippen LogP contribution in [0.5, 0.6) is 0 Å². The van der Waals surface area contributed by atoms with E-state index in [9.17, 15) is 0 Å². The van der Waals surface area contributed by atoms with E-state index in [0.29, 0.717) is 6.61 Å². The minimum absolute atomic E-state index is 0.191. The molecular weight excluding hydrogens is 272 g/mol. The third-order valence-corrected chi connectivity index (χ3v) is 5.45. The fourth-order valence-corrected chi connectivity index (χ4v) is 3.77. The summed E-state index contributed by atoms with van der Waals surface area (Å²) in [7, 11) is 1.73. The Morgan fingerprint density at radius 3 is 2.95 bits per heavy atom. The van der Waals surface area contributed by atoms with Crippen molar-refractivity contribution >= 4 is 11.3 Å². The Morgan fingerprint density at radius 2 is 2.30 bits per heavy atom. The van der Waals surface area contributed by atoms with Gasteiger partial charge in [0.05, 0.1) is 12.3 Å². The van der Waals surface area contributed by atoms with Gasteiger partial charge in [-0.3, -0.25) is 0 Å². The topological polar surface area (TPSA) is 43.4 Å². The molecule has 1 saturated heterocycles. The van der Waals surface area contributed by atoms with Gasteiger partial charge in [0.2, 0.25) is 0 Å². The van der Waals surface area contributed by atoms with Crippen LogP contribution < -0.4 is 5.32 Å². The molecule has 20 heavy (non-hydrogen) atoms. The van der Waals surface area contributed by atoms with E-state index in [-0.39, 0.29) is 5.60 Å². The van der Waals surface area contributed by atoms with E-state index in [1.807, 2.05) is 0 Å². The summed E-state index contributed by atoms with van der Waals surface area (Å²) >= 11 is 1.80. The number of hydrogen-bond acceptors (Lipinski definition) is 5. The van der Waals surface area contributed by atoms with Crippen LogP contribution in [0.25, 0.3) is 0 Å². The number of nitrogens with one attached hydrogen (secondary N) is 1. The summed E-state index contributed by atoms with van der Waals surface area (Å²) in [6.45, 7) is 4.54. The Kier molecular flexibility index (Phi) is 4.40. The van der Waals surface area contributed by atoms with E-state index in [4.69, 9.17) is 14.5 Å². The fourth-order valence-electron chi connectivity index (χ4n) is 2.62. The average molecular weight is 296 g/mol. The summed E-state index contributed by atoms with van der Waals surface area (Å²) < 4.78 is 11.3. The van der Waals surface area contributed by atoms with Crippen molar-refractivity contribution < 1.29 is 9.47 Å². The molecule has 0 bridgehead atoms. The molecule has 1 aliphatic heterocycles. The predicted octanol–water partition coefficient (Wildman–Crippen LogP) is 2.96. The van der Waals surface area contributed by atoms with Crippen molar-refractivity contribution in [3.8, 4) is 0 Å². The number of ether oxygens (including phenoxy) is 2. The molecule has 0 spiro atoms. The third kappa shape index (κ3) is 3.22. The zero-order valence-electron chi connectivity index (χ0n) is 12.4. The van der Waals surface area contributed by atoms with E-state index in [2.05, 4.69) is 12.2 Å². The molecule has 1 N–H and O–H groups in total. The van der Waals surface area contributed by atoms with Crippen LogP contribution in [0.1, 0.15) is 54.6 Å². The summed E-state index contributed by atoms with van der Waals surface area (Å²) in [5.41, 5.74) is 0.888. The first-order valence-corrected chi connectivity index (χ1v) is 8.38. The highest BCUT2D eigenvalue weighted by molar-refractivity contribution is 7.11. The predicted molar refractivity (Wildman–Crippen MR) is 79.8 cm³/mol. The first-order valence-electron chi connectivity index (χ1n) is 7.56. The largest absolute Gasteiger partial charge is 0.378 e. The summed E-state index contributed by atoms with van der Waals surface area (Å²) in [4.78, 5) is 6.13. The highest BCUT2D eigenvalue weighted by Crippen LogP contribution is 2.38. The van der Waals surface area contributed by atoms with E-state index < -0.39 is 0 Å². The Labute approximate surface area is 124 Å². The van der Waals surface area contributed by atoms with Crippen LogP contribution in [0.3, 0.4) is 0 Å². The van der Waals surface area contributed by atoms with Gasteiger partial charge in [-0.05, 0) is 39.0 Å². The molecule has 0 amide bonds. The molecule has 112 valence electrons. The lowest BCUT2D eigenvalue weighted by atomic mass is 9.97. The molecule has 1 aromatic heterocycles. The van der Waals surface area contributed by atoms with Crippen molar-refractivity contribution in [2.45, 2.75) is 63.8 Å². The van der Waals surface area contributed by atoms with Crippen molar-refractivity contribution in [1.29, 1.82) is 0 Å². The Morgan fingerprint density at radius 1 is 1.45 bits per heavy atom. The van der Waals surface area contributed by atoms with Crippen LogP contribution in [0, 0.1) is 0 Å². The first-order chi connectivity index (χ1) is 9.71. The van der Waals surface area contributed by atoms with Gasteiger partial charge >= 0.3 is 0 Å². The Hall–Kier alpha value is -0.490. The maximum absolute atomic E-state index is 6.02. The molecule has 2 fully saturated rings. The SMILES string of the molecule is COCc1nc(C2(C)CCCCO2)sc1CNC1CC1. The lowest BCUT2D eigenvalue weighted by Gasteiger charge is -2.31. The van der Waals surface area contributed by atoms with Crippen molar-refractivity contribution in [1.82, 2.24) is 10.3 Å². The summed E-state index contributed by atoms with van der Waals surface area (Å²) in [5, 5.41) is 4.70. The van der Waals surface area contributed by atoms with Crippen LogP contribution in [0.15, 0.2) is 0 Å². The summed E-state index contributed by atoms with van der Waals surface area (Å²) in [6.07, 6.45) is 6.09. The van der Waals surface area contributed by atoms with Gasteiger partial charge < -0.3 is 14.8 Å². The van der Waals surface area contributed by atoms with E-state index in [1.165, 1.54) is 30.6 Å². The van der Waals surface area contributed by atoms with Gasteiger partial charge in [0, 0.05) is 31.2 Å². The summed E-state index contributed by atoms with van der Waals surface area (Å²) in [6, 6.07) is 0.720. The zero-order valence-corrected chi connectivity index (χ0v) is 13.2. The molecule has 1 unspecified atom stereocenters. The van der Waals surface area contributed by atoms with Crippen LogP contribution >= 0.6 is 11.3 Å². The molecule has 2 heterocycles. The number of nitrogens with zero attached hydrogens (tertiary/aromatic N) is 1. The number of hydrogen-bond donors (Lipinski definition) is 1. The number of thiazole rings is 1. The molecule has 0 aromatic carbocycles. The summed E-state index contributed by atoms with van der Waals surface area (Å²) in [5.74, 6) is 0. The van der Waals surface area contributed by atoms with E-state index in [1.54, 1.807) is 18.4 Å². The second-order valence-electron chi connectivity index (χ2n) is 6.01. The number of methoxy groups -OCH3 is 1. The lowest BCUT2D eigenvalue weighted by Crippen LogP contribution is -2.30. The van der Waals surface area contributed by atoms with Crippen molar-refractivity contribution in [3.05, 3.63) is 15.6 Å². The smallest absolute Gasteiger partial charge is 0.125 e. The minimum Gasteiger partial charge on any atom is -0.378 e. The van der Waals surface area contributed by atoms with Crippen LogP contribution in [-0.2, 0) is 28.2 Å². The standard InChI is InChI=1S/C15H24N2O2S/c1-15(7-3-4-8-19-15)14-17-12(10-18-2)13(20-14)9-16-11-5-6-11/h11,16H,3-10H2,1-2H3. The van der Waals surface area contributed by atoms with Crippen molar-refractivity contribution in [2.24, 2.45) is 0 Å². The van der Waals surface area contributed by atoms with Gasteiger partial charge in [0.25, 0.3) is 0 Å². The second-order valence-corrected chi connectivity index (χ2v) is 7.10. The lowest BCUT2D eigenvalue weighted by molar-refractivity contribution is -0.0703. The molecule has 5 heteroatoms. The first kappa shape index (κ1) is 14.4. The highest BCUT2D eigenvalue weighted by Gasteiger charge is 2.34. The molecule has 2 aliphatic rings. The van der Waals surface area contributed by atoms with Crippen LogP contribution in [0.2, 0.25) is 0 Å². The van der Waals surface area contributed by atoms with Gasteiger partial charge in [-0.2, -0.15) is 0 Å². The zero-order chi connectivity index (χ0) is 14.0. The fraction of sp³-hybridized carbons (Fsp3) is 0.800. The van der Waals surface area contributed by atoms with Gasteiger partial charge in [0.15, 0.2) is 0 Å². The maximum atomic E-state index is 6.02. The molecule has 1 saturated carbocycles. The molecule has 0 radical (unpaired) electrons. The van der Waals surface area contributed by atoms with Crippen molar-refractivity contribution in [3.63, 3.8) is 0 Å². The van der Waals surface area contributed by atoms with E-state index >= 15 is 0 Å². The molecule has 1 aromatic rings. The minimum atomic E-state index is -0.191. The molecule has 1 aliphatic carbocycles. The van der Waals surface area contributed by atoms with Crippen LogP contribution in [0.4, 0.5) is 0 Å². The second kappa shape index (κ2) is 6.10. The normalized spacial score (nSPS) is 26.9. The van der Waals surface area contributed by atoms with Crippen LogP contribution in [-0.4, -0.2) is 24.7 Å². The third-order valence-electron chi connectivity index (χ3n) is 4.11. The number of aromatic nitrogens is 1.